The molecule has 1 aliphatic rings. The molecule has 0 amide bonds. The van der Waals surface area contributed by atoms with Gasteiger partial charge in [-0.3, -0.25) is 0 Å². The monoisotopic (exact) mass is 234 g/mol. The van der Waals surface area contributed by atoms with Gasteiger partial charge in [-0.05, 0) is 55.4 Å². The number of aliphatic hydroxyl groups excluding tert-OH is 1. The summed E-state index contributed by atoms with van der Waals surface area (Å²) >= 11 is 0. The third-order valence-corrected chi connectivity index (χ3v) is 3.93. The lowest BCUT2D eigenvalue weighted by atomic mass is 9.75. The highest BCUT2D eigenvalue weighted by Crippen LogP contribution is 2.40. The second-order valence-electron chi connectivity index (χ2n) is 5.79. The molecule has 0 unspecified atom stereocenters. The Balaban J connectivity index is 2.66. The zero-order valence-corrected chi connectivity index (χ0v) is 11.0. The molecule has 0 aromatic heterocycles. The minimum absolute atomic E-state index is 0.0655. The highest BCUT2D eigenvalue weighted by molar-refractivity contribution is 5.53. The summed E-state index contributed by atoms with van der Waals surface area (Å²) in [6, 6.07) is 1.86. The van der Waals surface area contributed by atoms with Crippen molar-refractivity contribution in [1.29, 1.82) is 0 Å². The molecule has 0 fully saturated rings. The van der Waals surface area contributed by atoms with Crippen LogP contribution in [0, 0.1) is 6.92 Å². The summed E-state index contributed by atoms with van der Waals surface area (Å²) in [5, 5.41) is 19.7. The van der Waals surface area contributed by atoms with E-state index in [4.69, 9.17) is 0 Å². The molecule has 0 saturated heterocycles. The predicted octanol–water partition coefficient (Wildman–Crippen LogP) is 2.85. The van der Waals surface area contributed by atoms with Gasteiger partial charge in [0.2, 0.25) is 0 Å². The normalized spacial score (nSPS) is 15.8. The van der Waals surface area contributed by atoms with Crippen molar-refractivity contribution in [1.82, 2.24) is 0 Å². The van der Waals surface area contributed by atoms with E-state index in [-0.39, 0.29) is 12.0 Å². The molecule has 0 aliphatic heterocycles. The zero-order chi connectivity index (χ0) is 12.6. The average molecular weight is 234 g/mol. The molecular formula is C15H22O2. The molecule has 2 heteroatoms. The fourth-order valence-corrected chi connectivity index (χ4v) is 2.97. The van der Waals surface area contributed by atoms with Crippen molar-refractivity contribution in [2.75, 3.05) is 6.61 Å². The molecule has 1 aromatic rings. The van der Waals surface area contributed by atoms with E-state index in [0.717, 1.165) is 18.4 Å². The average Bonchev–Trinajstić information content (AvgIpc) is 2.29. The van der Waals surface area contributed by atoms with E-state index in [0.29, 0.717) is 5.75 Å². The summed E-state index contributed by atoms with van der Waals surface area (Å²) in [6.45, 7) is 6.12. The first kappa shape index (κ1) is 12.4. The second-order valence-corrected chi connectivity index (χ2v) is 5.79. The Bertz CT molecular complexity index is 433. The van der Waals surface area contributed by atoms with E-state index in [9.17, 15) is 10.2 Å². The first-order valence-corrected chi connectivity index (χ1v) is 6.43. The van der Waals surface area contributed by atoms with Crippen LogP contribution in [0.3, 0.4) is 0 Å². The third kappa shape index (κ3) is 2.06. The lowest BCUT2D eigenvalue weighted by Crippen LogP contribution is -2.26. The summed E-state index contributed by atoms with van der Waals surface area (Å²) in [5.74, 6) is 0.349. The number of fused-ring (bicyclic) bond motifs is 1. The predicted molar refractivity (Wildman–Crippen MR) is 69.6 cm³/mol. The van der Waals surface area contributed by atoms with E-state index >= 15 is 0 Å². The third-order valence-electron chi connectivity index (χ3n) is 3.93. The van der Waals surface area contributed by atoms with Crippen molar-refractivity contribution in [2.24, 2.45) is 0 Å². The van der Waals surface area contributed by atoms with Crippen molar-refractivity contribution >= 4 is 0 Å². The molecule has 94 valence electrons. The van der Waals surface area contributed by atoms with Gasteiger partial charge in [0.05, 0.1) is 6.61 Å². The summed E-state index contributed by atoms with van der Waals surface area (Å²) in [4.78, 5) is 0. The van der Waals surface area contributed by atoms with Crippen LogP contribution in [0.25, 0.3) is 0 Å². The fraction of sp³-hybridized carbons (Fsp3) is 0.600. The number of hydrogen-bond donors (Lipinski definition) is 2. The largest absolute Gasteiger partial charge is 0.508 e. The van der Waals surface area contributed by atoms with Crippen molar-refractivity contribution in [3.63, 3.8) is 0 Å². The maximum atomic E-state index is 10.2. The number of aliphatic hydroxyl groups is 1. The first-order chi connectivity index (χ1) is 7.97. The summed E-state index contributed by atoms with van der Waals surface area (Å²) in [5.41, 5.74) is 4.47. The Morgan fingerprint density at radius 2 is 1.76 bits per heavy atom. The van der Waals surface area contributed by atoms with Crippen molar-refractivity contribution < 1.29 is 10.2 Å². The number of benzene rings is 1. The molecule has 1 aromatic carbocycles. The van der Waals surface area contributed by atoms with Gasteiger partial charge in [0.25, 0.3) is 0 Å². The lowest BCUT2D eigenvalue weighted by Gasteiger charge is -2.31. The highest BCUT2D eigenvalue weighted by Gasteiger charge is 2.29. The van der Waals surface area contributed by atoms with Gasteiger partial charge in [0.15, 0.2) is 0 Å². The number of aromatic hydroxyl groups is 1. The molecule has 17 heavy (non-hydrogen) atoms. The van der Waals surface area contributed by atoms with Crippen LogP contribution in [0.2, 0.25) is 0 Å². The van der Waals surface area contributed by atoms with Crippen molar-refractivity contribution in [3.05, 3.63) is 28.3 Å². The molecule has 0 atom stereocenters. The molecule has 0 saturated carbocycles. The number of rotatable bonds is 2. The quantitative estimate of drug-likeness (QED) is 0.826. The topological polar surface area (TPSA) is 40.5 Å². The molecular weight excluding hydrogens is 212 g/mol. The summed E-state index contributed by atoms with van der Waals surface area (Å²) < 4.78 is 0. The zero-order valence-electron chi connectivity index (χ0n) is 11.0. The summed E-state index contributed by atoms with van der Waals surface area (Å²) in [6.07, 6.45) is 4.56. The van der Waals surface area contributed by atoms with Crippen LogP contribution in [0.4, 0.5) is 0 Å². The molecule has 0 heterocycles. The highest BCUT2D eigenvalue weighted by atomic mass is 16.3. The molecule has 2 N–H and O–H groups in total. The molecule has 2 nitrogen and oxygen atoms in total. The van der Waals surface area contributed by atoms with Crippen LogP contribution < -0.4 is 0 Å². The standard InChI is InChI=1S/C15H22O2/c1-10-8-13(17)14(15(2,3)9-16)12-7-5-4-6-11(10)12/h8,16-17H,4-7,9H2,1-3H3. The smallest absolute Gasteiger partial charge is 0.119 e. The van der Waals surface area contributed by atoms with Gasteiger partial charge in [0.1, 0.15) is 5.75 Å². The maximum absolute atomic E-state index is 10.2. The molecule has 0 radical (unpaired) electrons. The Morgan fingerprint density at radius 1 is 1.18 bits per heavy atom. The van der Waals surface area contributed by atoms with Crippen molar-refractivity contribution in [3.8, 4) is 5.75 Å². The van der Waals surface area contributed by atoms with Crippen LogP contribution in [0.1, 0.15) is 48.9 Å². The number of phenolic OH excluding ortho intramolecular Hbond substituents is 1. The molecule has 0 bridgehead atoms. The molecule has 0 spiro atoms. The van der Waals surface area contributed by atoms with Gasteiger partial charge < -0.3 is 10.2 Å². The van der Waals surface area contributed by atoms with Gasteiger partial charge in [-0.1, -0.05) is 13.8 Å². The number of hydrogen-bond acceptors (Lipinski definition) is 2. The second kappa shape index (κ2) is 4.34. The fourth-order valence-electron chi connectivity index (χ4n) is 2.97. The van der Waals surface area contributed by atoms with E-state index in [1.807, 2.05) is 19.9 Å². The summed E-state index contributed by atoms with van der Waals surface area (Å²) in [7, 11) is 0. The van der Waals surface area contributed by atoms with Crippen LogP contribution in [-0.4, -0.2) is 16.8 Å². The van der Waals surface area contributed by atoms with Crippen LogP contribution >= 0.6 is 0 Å². The van der Waals surface area contributed by atoms with Gasteiger partial charge in [-0.25, -0.2) is 0 Å². The van der Waals surface area contributed by atoms with Gasteiger partial charge in [0, 0.05) is 11.0 Å². The molecule has 2 rings (SSSR count). The van der Waals surface area contributed by atoms with E-state index in [1.54, 1.807) is 0 Å². The molecule has 1 aliphatic carbocycles. The van der Waals surface area contributed by atoms with E-state index in [1.165, 1.54) is 29.5 Å². The van der Waals surface area contributed by atoms with Gasteiger partial charge in [-0.15, -0.1) is 0 Å². The SMILES string of the molecule is Cc1cc(O)c(C(C)(C)CO)c2c1CCCC2. The minimum Gasteiger partial charge on any atom is -0.508 e. The van der Waals surface area contributed by atoms with Gasteiger partial charge >= 0.3 is 0 Å². The van der Waals surface area contributed by atoms with E-state index in [2.05, 4.69) is 6.92 Å². The lowest BCUT2D eigenvalue weighted by molar-refractivity contribution is 0.214. The Hall–Kier alpha value is -1.02. The minimum atomic E-state index is -0.362. The van der Waals surface area contributed by atoms with Crippen molar-refractivity contribution in [2.45, 2.75) is 51.9 Å². The van der Waals surface area contributed by atoms with Crippen LogP contribution in [-0.2, 0) is 18.3 Å². The first-order valence-electron chi connectivity index (χ1n) is 6.43. The Morgan fingerprint density at radius 3 is 2.35 bits per heavy atom. The van der Waals surface area contributed by atoms with Crippen LogP contribution in [0.15, 0.2) is 6.07 Å². The number of aryl methyl sites for hydroxylation is 1. The van der Waals surface area contributed by atoms with E-state index < -0.39 is 0 Å². The van der Waals surface area contributed by atoms with Crippen LogP contribution in [0.5, 0.6) is 5.75 Å². The number of phenols is 1. The Kier molecular flexibility index (Phi) is 3.17. The Labute approximate surface area is 103 Å². The maximum Gasteiger partial charge on any atom is 0.119 e. The van der Waals surface area contributed by atoms with Gasteiger partial charge in [-0.2, -0.15) is 0 Å².